The van der Waals surface area contributed by atoms with Crippen LogP contribution in [0.3, 0.4) is 0 Å². The molecular formula is C38H30S6. The van der Waals surface area contributed by atoms with Gasteiger partial charge in [0.15, 0.2) is 6.82 Å². The van der Waals surface area contributed by atoms with E-state index in [9.17, 15) is 0 Å². The van der Waals surface area contributed by atoms with E-state index in [1.807, 2.05) is 70.6 Å². The smallest absolute Gasteiger partial charge is 0.0933 e. The van der Waals surface area contributed by atoms with Crippen molar-refractivity contribution in [3.8, 4) is 0 Å². The molecule has 0 N–H and O–H groups in total. The average Bonchev–Trinajstić information content (AvgIpc) is 3.07. The molecule has 6 aromatic rings. The van der Waals surface area contributed by atoms with Gasteiger partial charge in [0, 0.05) is 29.4 Å². The second-order valence-corrected chi connectivity index (χ2v) is 18.9. The highest BCUT2D eigenvalue weighted by atomic mass is 32.3. The lowest BCUT2D eigenvalue weighted by Crippen LogP contribution is -2.39. The van der Waals surface area contributed by atoms with E-state index in [1.54, 1.807) is 0 Å². The normalized spacial score (nSPS) is 11.7. The van der Waals surface area contributed by atoms with Crippen molar-refractivity contribution < 1.29 is 0 Å². The highest BCUT2D eigenvalue weighted by Gasteiger charge is 2.57. The van der Waals surface area contributed by atoms with E-state index in [0.29, 0.717) is 0 Å². The first-order chi connectivity index (χ1) is 21.7. The second kappa shape index (κ2) is 15.6. The quantitative estimate of drug-likeness (QED) is 0.0874. The standard InChI is InChI=1S/C38H30S6/c1-7-19-31(20-8-1)39-37(40-32-21-9-2-10-22-32,41-33-23-11-3-12-24-33)38(42-34-25-13-4-14-26-34,43-35-27-15-5-16-28-35)44-36-29-17-6-18-30-36/h1-30H. The van der Waals surface area contributed by atoms with Crippen LogP contribution in [0.4, 0.5) is 0 Å². The van der Waals surface area contributed by atoms with Gasteiger partial charge in [-0.05, 0) is 72.8 Å². The molecule has 6 rings (SSSR count). The molecule has 0 nitrogen and oxygen atoms in total. The van der Waals surface area contributed by atoms with Gasteiger partial charge in [-0.3, -0.25) is 0 Å². The Balaban J connectivity index is 1.64. The Morgan fingerprint density at radius 1 is 0.205 bits per heavy atom. The van der Waals surface area contributed by atoms with Gasteiger partial charge >= 0.3 is 0 Å². The third-order valence-electron chi connectivity index (χ3n) is 6.35. The number of thioether (sulfide) groups is 6. The van der Waals surface area contributed by atoms with E-state index in [0.717, 1.165) is 0 Å². The zero-order chi connectivity index (χ0) is 29.9. The molecule has 0 atom stereocenters. The molecule has 0 aliphatic carbocycles. The van der Waals surface area contributed by atoms with Crippen LogP contribution in [-0.4, -0.2) is 6.82 Å². The summed E-state index contributed by atoms with van der Waals surface area (Å²) in [6, 6.07) is 65.3. The van der Waals surface area contributed by atoms with E-state index in [-0.39, 0.29) is 0 Å². The van der Waals surface area contributed by atoms with Crippen molar-refractivity contribution in [3.05, 3.63) is 182 Å². The Labute approximate surface area is 286 Å². The number of hydrogen-bond acceptors (Lipinski definition) is 6. The first kappa shape index (κ1) is 31.4. The molecular weight excluding hydrogens is 649 g/mol. The van der Waals surface area contributed by atoms with Crippen LogP contribution in [0.1, 0.15) is 0 Å². The van der Waals surface area contributed by atoms with Gasteiger partial charge in [0.25, 0.3) is 0 Å². The van der Waals surface area contributed by atoms with Crippen LogP contribution in [0, 0.1) is 0 Å². The Kier molecular flexibility index (Phi) is 11.1. The van der Waals surface area contributed by atoms with E-state index in [4.69, 9.17) is 0 Å². The SMILES string of the molecule is c1ccc(SC(Sc2ccccc2)(Sc2ccccc2)C(Sc2ccccc2)(Sc2ccccc2)Sc2ccccc2)cc1. The summed E-state index contributed by atoms with van der Waals surface area (Å²) in [6.45, 7) is 0. The van der Waals surface area contributed by atoms with Crippen LogP contribution in [0.15, 0.2) is 211 Å². The van der Waals surface area contributed by atoms with Gasteiger partial charge in [-0.25, -0.2) is 0 Å². The molecule has 0 aliphatic rings. The molecule has 44 heavy (non-hydrogen) atoms. The summed E-state index contributed by atoms with van der Waals surface area (Å²) in [7, 11) is 0. The molecule has 0 radical (unpaired) electrons. The van der Waals surface area contributed by atoms with Crippen LogP contribution in [0.25, 0.3) is 0 Å². The lowest BCUT2D eigenvalue weighted by atomic mass is 10.4. The van der Waals surface area contributed by atoms with Crippen molar-refractivity contribution in [1.29, 1.82) is 0 Å². The molecule has 0 spiro atoms. The summed E-state index contributed by atoms with van der Waals surface area (Å²) in [6.07, 6.45) is 0. The Hall–Kier alpha value is -2.58. The maximum absolute atomic E-state index is 2.24. The van der Waals surface area contributed by atoms with Crippen molar-refractivity contribution in [2.45, 2.75) is 36.2 Å². The monoisotopic (exact) mass is 678 g/mol. The maximum Gasteiger partial charge on any atom is 0.154 e. The molecule has 6 aromatic carbocycles. The predicted octanol–water partition coefficient (Wildman–Crippen LogP) is 13.0. The van der Waals surface area contributed by atoms with E-state index >= 15 is 0 Å². The highest BCUT2D eigenvalue weighted by Crippen LogP contribution is 2.74. The molecule has 0 amide bonds. The summed E-state index contributed by atoms with van der Waals surface area (Å²) >= 11 is 11.7. The molecule has 218 valence electrons. The Morgan fingerprint density at radius 2 is 0.341 bits per heavy atom. The van der Waals surface area contributed by atoms with Gasteiger partial charge in [0.05, 0.1) is 0 Å². The van der Waals surface area contributed by atoms with Crippen molar-refractivity contribution in [3.63, 3.8) is 0 Å². The van der Waals surface area contributed by atoms with Gasteiger partial charge in [-0.15, -0.1) is 0 Å². The van der Waals surface area contributed by atoms with E-state index in [1.165, 1.54) is 29.4 Å². The van der Waals surface area contributed by atoms with Gasteiger partial charge < -0.3 is 0 Å². The molecule has 0 aliphatic heterocycles. The fraction of sp³-hybridized carbons (Fsp3) is 0.0526. The number of rotatable bonds is 13. The first-order valence-electron chi connectivity index (χ1n) is 14.2. The molecule has 6 heteroatoms. The third kappa shape index (κ3) is 8.16. The zero-order valence-electron chi connectivity index (χ0n) is 23.8. The minimum Gasteiger partial charge on any atom is -0.0933 e. The highest BCUT2D eigenvalue weighted by molar-refractivity contribution is 8.42. The van der Waals surface area contributed by atoms with Crippen molar-refractivity contribution in [1.82, 2.24) is 0 Å². The Morgan fingerprint density at radius 3 is 0.477 bits per heavy atom. The summed E-state index contributed by atoms with van der Waals surface area (Å²) in [5, 5.41) is 0. The van der Waals surface area contributed by atoms with Crippen LogP contribution in [0.5, 0.6) is 0 Å². The summed E-state index contributed by atoms with van der Waals surface area (Å²) in [5.41, 5.74) is 0. The molecule has 0 aromatic heterocycles. The van der Waals surface area contributed by atoms with Crippen molar-refractivity contribution in [2.24, 2.45) is 0 Å². The maximum atomic E-state index is 2.24. The van der Waals surface area contributed by atoms with Gasteiger partial charge in [-0.2, -0.15) is 0 Å². The fourth-order valence-corrected chi connectivity index (χ4v) is 15.4. The Bertz CT molecular complexity index is 1350. The average molecular weight is 679 g/mol. The van der Waals surface area contributed by atoms with E-state index < -0.39 is 6.82 Å². The zero-order valence-corrected chi connectivity index (χ0v) is 28.7. The van der Waals surface area contributed by atoms with Crippen LogP contribution < -0.4 is 0 Å². The molecule has 0 saturated carbocycles. The molecule has 0 saturated heterocycles. The van der Waals surface area contributed by atoms with E-state index in [2.05, 4.69) is 182 Å². The van der Waals surface area contributed by atoms with Gasteiger partial charge in [-0.1, -0.05) is 180 Å². The van der Waals surface area contributed by atoms with Crippen LogP contribution >= 0.6 is 70.6 Å². The number of hydrogen-bond donors (Lipinski definition) is 0. The fourth-order valence-electron chi connectivity index (χ4n) is 4.36. The van der Waals surface area contributed by atoms with Crippen molar-refractivity contribution in [2.75, 3.05) is 0 Å². The number of benzene rings is 6. The molecule has 0 heterocycles. The minimum absolute atomic E-state index is 0.474. The molecule has 0 fully saturated rings. The predicted molar refractivity (Wildman–Crippen MR) is 199 cm³/mol. The lowest BCUT2D eigenvalue weighted by molar-refractivity contribution is 1.15. The lowest BCUT2D eigenvalue weighted by Gasteiger charge is -2.47. The third-order valence-corrected chi connectivity index (χ3v) is 17.0. The van der Waals surface area contributed by atoms with Crippen molar-refractivity contribution >= 4 is 70.6 Å². The first-order valence-corrected chi connectivity index (χ1v) is 19.1. The van der Waals surface area contributed by atoms with Gasteiger partial charge in [0.1, 0.15) is 0 Å². The van der Waals surface area contributed by atoms with Crippen LogP contribution in [-0.2, 0) is 0 Å². The summed E-state index contributed by atoms with van der Waals surface area (Å²) in [4.78, 5) is 7.42. The largest absolute Gasteiger partial charge is 0.154 e. The molecule has 0 bridgehead atoms. The summed E-state index contributed by atoms with van der Waals surface area (Å²) in [5.74, 6) is 0. The minimum atomic E-state index is -0.474. The summed E-state index contributed by atoms with van der Waals surface area (Å²) < 4.78 is -0.947. The molecule has 0 unspecified atom stereocenters. The van der Waals surface area contributed by atoms with Gasteiger partial charge in [0.2, 0.25) is 0 Å². The topological polar surface area (TPSA) is 0 Å². The second-order valence-electron chi connectivity index (χ2n) is 9.60. The van der Waals surface area contributed by atoms with Crippen LogP contribution in [0.2, 0.25) is 0 Å².